The largest absolute Gasteiger partial charge is 0.359 e. The van der Waals surface area contributed by atoms with E-state index in [-0.39, 0.29) is 11.9 Å². The van der Waals surface area contributed by atoms with Crippen LogP contribution in [0, 0.1) is 6.92 Å². The smallest absolute Gasteiger partial charge is 0.249 e. The lowest BCUT2D eigenvalue weighted by molar-refractivity contribution is -0.118. The fourth-order valence-electron chi connectivity index (χ4n) is 4.03. The molecule has 6 heteroatoms. The molecule has 0 aromatic heterocycles. The molecule has 0 radical (unpaired) electrons. The third-order valence-electron chi connectivity index (χ3n) is 5.29. The minimum absolute atomic E-state index is 0.108. The molecule has 1 saturated heterocycles. The molecule has 2 atom stereocenters. The summed E-state index contributed by atoms with van der Waals surface area (Å²) in [6.45, 7) is 3.68. The van der Waals surface area contributed by atoms with Gasteiger partial charge in [-0.05, 0) is 62.1 Å². The van der Waals surface area contributed by atoms with Gasteiger partial charge in [-0.3, -0.25) is 4.79 Å². The number of anilines is 2. The van der Waals surface area contributed by atoms with Gasteiger partial charge in [0.15, 0.2) is 11.1 Å². The van der Waals surface area contributed by atoms with Gasteiger partial charge in [0.05, 0.1) is 4.90 Å². The van der Waals surface area contributed by atoms with Crippen LogP contribution in [0.2, 0.25) is 0 Å². The van der Waals surface area contributed by atoms with E-state index in [1.165, 1.54) is 16.8 Å². The average Bonchev–Trinajstić information content (AvgIpc) is 3.02. The molecule has 4 rings (SSSR count). The Morgan fingerprint density at radius 1 is 1.12 bits per heavy atom. The zero-order valence-corrected chi connectivity index (χ0v) is 15.5. The van der Waals surface area contributed by atoms with Crippen LogP contribution < -0.4 is 9.80 Å². The van der Waals surface area contributed by atoms with Crippen molar-refractivity contribution in [1.29, 1.82) is 0 Å². The molecule has 2 aromatic carbocycles. The molecule has 136 valence electrons. The number of carbonyl (C=O) groups excluding carboxylic acids is 1. The Morgan fingerprint density at radius 2 is 1.88 bits per heavy atom. The molecule has 0 spiro atoms. The van der Waals surface area contributed by atoms with Crippen LogP contribution in [0.4, 0.5) is 11.4 Å². The van der Waals surface area contributed by atoms with Crippen molar-refractivity contribution in [2.24, 2.45) is 0 Å². The predicted molar refractivity (Wildman–Crippen MR) is 103 cm³/mol. The number of benzene rings is 2. The Labute approximate surface area is 155 Å². The summed E-state index contributed by atoms with van der Waals surface area (Å²) in [6.07, 6.45) is 2.93. The number of amides is 1. The van der Waals surface area contributed by atoms with E-state index in [9.17, 15) is 9.00 Å². The van der Waals surface area contributed by atoms with Gasteiger partial charge in [0.1, 0.15) is 6.04 Å². The van der Waals surface area contributed by atoms with Crippen LogP contribution in [0.25, 0.3) is 0 Å². The lowest BCUT2D eigenvalue weighted by Gasteiger charge is -2.35. The van der Waals surface area contributed by atoms with Gasteiger partial charge in [0.2, 0.25) is 5.91 Å². The standard InChI is InChI=1S/C20H22N2O3S/c1-14-4-9-18-15(13-14)3-2-11-22(18)19-10-12-21(20(19)23)16-5-7-17(8-6-16)26(24)25/h4-9,13,19H,2-3,10-12H2,1H3,(H,24,25)/t19-/m1/s1. The van der Waals surface area contributed by atoms with Crippen LogP contribution in [0.3, 0.4) is 0 Å². The van der Waals surface area contributed by atoms with Crippen molar-refractivity contribution in [3.05, 3.63) is 53.6 Å². The first-order valence-electron chi connectivity index (χ1n) is 8.93. The second-order valence-electron chi connectivity index (χ2n) is 6.97. The van der Waals surface area contributed by atoms with Crippen LogP contribution in [-0.2, 0) is 22.3 Å². The van der Waals surface area contributed by atoms with Crippen molar-refractivity contribution in [1.82, 2.24) is 0 Å². The number of rotatable bonds is 3. The normalized spacial score (nSPS) is 21.0. The molecule has 1 fully saturated rings. The number of fused-ring (bicyclic) bond motifs is 1. The van der Waals surface area contributed by atoms with E-state index < -0.39 is 11.1 Å². The third kappa shape index (κ3) is 3.04. The van der Waals surface area contributed by atoms with Gasteiger partial charge in [0.25, 0.3) is 0 Å². The molecular weight excluding hydrogens is 348 g/mol. The van der Waals surface area contributed by atoms with Gasteiger partial charge < -0.3 is 14.4 Å². The highest BCUT2D eigenvalue weighted by atomic mass is 32.2. The van der Waals surface area contributed by atoms with Gasteiger partial charge >= 0.3 is 0 Å². The SMILES string of the molecule is Cc1ccc2c(c1)CCCN2[C@@H]1CCN(c2ccc(S(=O)O)cc2)C1=O. The average molecular weight is 370 g/mol. The third-order valence-corrected chi connectivity index (χ3v) is 5.97. The topological polar surface area (TPSA) is 60.9 Å². The second kappa shape index (κ2) is 6.85. The van der Waals surface area contributed by atoms with Crippen molar-refractivity contribution in [3.63, 3.8) is 0 Å². The van der Waals surface area contributed by atoms with Crippen molar-refractivity contribution in [2.45, 2.75) is 37.1 Å². The lowest BCUT2D eigenvalue weighted by atomic mass is 9.97. The van der Waals surface area contributed by atoms with Gasteiger partial charge in [-0.25, -0.2) is 4.21 Å². The summed E-state index contributed by atoms with van der Waals surface area (Å²) in [6, 6.07) is 13.0. The maximum atomic E-state index is 13.1. The zero-order chi connectivity index (χ0) is 18.3. The molecule has 0 saturated carbocycles. The van der Waals surface area contributed by atoms with E-state index in [0.717, 1.165) is 31.5 Å². The van der Waals surface area contributed by atoms with E-state index >= 15 is 0 Å². The minimum Gasteiger partial charge on any atom is -0.359 e. The van der Waals surface area contributed by atoms with Crippen molar-refractivity contribution < 1.29 is 13.6 Å². The van der Waals surface area contributed by atoms with Crippen LogP contribution in [0.15, 0.2) is 47.4 Å². The number of aryl methyl sites for hydroxylation is 2. The van der Waals surface area contributed by atoms with Gasteiger partial charge in [-0.1, -0.05) is 17.7 Å². The molecule has 2 heterocycles. The molecule has 26 heavy (non-hydrogen) atoms. The first-order chi connectivity index (χ1) is 12.5. The predicted octanol–water partition coefficient (Wildman–Crippen LogP) is 3.13. The van der Waals surface area contributed by atoms with Crippen molar-refractivity contribution >= 4 is 28.4 Å². The monoisotopic (exact) mass is 370 g/mol. The minimum atomic E-state index is -2.00. The van der Waals surface area contributed by atoms with E-state index in [4.69, 9.17) is 4.55 Å². The number of hydrogen-bond donors (Lipinski definition) is 1. The quantitative estimate of drug-likeness (QED) is 0.844. The van der Waals surface area contributed by atoms with E-state index in [2.05, 4.69) is 30.0 Å². The molecule has 0 bridgehead atoms. The van der Waals surface area contributed by atoms with E-state index in [1.54, 1.807) is 29.2 Å². The van der Waals surface area contributed by atoms with E-state index in [0.29, 0.717) is 11.4 Å². The zero-order valence-electron chi connectivity index (χ0n) is 14.7. The van der Waals surface area contributed by atoms with Gasteiger partial charge in [-0.15, -0.1) is 0 Å². The summed E-state index contributed by atoms with van der Waals surface area (Å²) in [5, 5.41) is 0. The molecule has 2 aliphatic rings. The van der Waals surface area contributed by atoms with Crippen LogP contribution in [0.5, 0.6) is 0 Å². The van der Waals surface area contributed by atoms with Gasteiger partial charge in [-0.2, -0.15) is 0 Å². The van der Waals surface area contributed by atoms with Crippen molar-refractivity contribution in [3.8, 4) is 0 Å². The Bertz CT molecular complexity index is 866. The molecule has 5 nitrogen and oxygen atoms in total. The first-order valence-corrected chi connectivity index (χ1v) is 10.0. The Morgan fingerprint density at radius 3 is 2.62 bits per heavy atom. The summed E-state index contributed by atoms with van der Waals surface area (Å²) in [5.41, 5.74) is 4.56. The molecule has 1 N–H and O–H groups in total. The van der Waals surface area contributed by atoms with Crippen molar-refractivity contribution in [2.75, 3.05) is 22.9 Å². The fraction of sp³-hybridized carbons (Fsp3) is 0.350. The second-order valence-corrected chi connectivity index (χ2v) is 7.94. The van der Waals surface area contributed by atoms with E-state index in [1.807, 2.05) is 0 Å². The fourth-order valence-corrected chi connectivity index (χ4v) is 4.40. The Hall–Kier alpha value is -2.18. The number of carbonyl (C=O) groups is 1. The Kier molecular flexibility index (Phi) is 4.54. The lowest BCUT2D eigenvalue weighted by Crippen LogP contribution is -2.44. The molecular formula is C20H22N2O3S. The highest BCUT2D eigenvalue weighted by molar-refractivity contribution is 7.79. The van der Waals surface area contributed by atoms with Crippen LogP contribution in [-0.4, -0.2) is 33.8 Å². The molecule has 1 unspecified atom stereocenters. The highest BCUT2D eigenvalue weighted by Crippen LogP contribution is 2.34. The van der Waals surface area contributed by atoms with Crippen LogP contribution >= 0.6 is 0 Å². The molecule has 1 amide bonds. The highest BCUT2D eigenvalue weighted by Gasteiger charge is 2.38. The molecule has 0 aliphatic carbocycles. The summed E-state index contributed by atoms with van der Waals surface area (Å²) in [5.74, 6) is 0.108. The first kappa shape index (κ1) is 17.2. The molecule has 2 aromatic rings. The Balaban J connectivity index is 1.58. The summed E-state index contributed by atoms with van der Waals surface area (Å²) >= 11 is -2.00. The van der Waals surface area contributed by atoms with Crippen LogP contribution in [0.1, 0.15) is 24.0 Å². The number of hydrogen-bond acceptors (Lipinski definition) is 3. The maximum absolute atomic E-state index is 13.1. The summed E-state index contributed by atoms with van der Waals surface area (Å²) < 4.78 is 20.3. The summed E-state index contributed by atoms with van der Waals surface area (Å²) in [4.78, 5) is 17.5. The number of nitrogens with zero attached hydrogens (tertiary/aromatic N) is 2. The molecule has 2 aliphatic heterocycles. The maximum Gasteiger partial charge on any atom is 0.249 e. The van der Waals surface area contributed by atoms with Gasteiger partial charge in [0, 0.05) is 24.5 Å². The summed E-state index contributed by atoms with van der Waals surface area (Å²) in [7, 11) is 0.